The highest BCUT2D eigenvalue weighted by atomic mass is 32.2. The third kappa shape index (κ3) is 6.18. The van der Waals surface area contributed by atoms with Crippen molar-refractivity contribution in [3.63, 3.8) is 0 Å². The van der Waals surface area contributed by atoms with Crippen molar-refractivity contribution in [3.05, 3.63) is 156 Å². The minimum atomic E-state index is -3.73. The molecule has 0 aliphatic carbocycles. The molecule has 3 aromatic heterocycles. The van der Waals surface area contributed by atoms with Gasteiger partial charge in [-0.15, -0.1) is 0 Å². The van der Waals surface area contributed by atoms with E-state index in [2.05, 4.69) is 39.1 Å². The van der Waals surface area contributed by atoms with E-state index in [1.54, 1.807) is 62.2 Å². The summed E-state index contributed by atoms with van der Waals surface area (Å²) < 4.78 is 47.9. The molecule has 0 N–H and O–H groups in total. The minimum Gasteiger partial charge on any atom is -0.455 e. The number of halogens is 1. The summed E-state index contributed by atoms with van der Waals surface area (Å²) in [6, 6.07) is 33.0. The van der Waals surface area contributed by atoms with Gasteiger partial charge in [0, 0.05) is 78.5 Å². The largest absolute Gasteiger partial charge is 0.455 e. The maximum atomic E-state index is 14.5. The minimum absolute atomic E-state index is 0.0558. The summed E-state index contributed by atoms with van der Waals surface area (Å²) in [5, 5.41) is 0.480. The summed E-state index contributed by atoms with van der Waals surface area (Å²) in [4.78, 5) is 26.6. The number of nitrogens with zero attached hydrogens (tertiary/aromatic N) is 5. The first-order valence-corrected chi connectivity index (χ1v) is 18.8. The highest BCUT2D eigenvalue weighted by molar-refractivity contribution is 7.92. The van der Waals surface area contributed by atoms with Crippen LogP contribution in [-0.2, 0) is 16.4 Å². The molecule has 0 bridgehead atoms. The van der Waals surface area contributed by atoms with Crippen LogP contribution in [0.4, 0.5) is 27.1 Å². The number of anilines is 4. The zero-order valence-electron chi connectivity index (χ0n) is 29.1. The molecule has 4 heterocycles. The van der Waals surface area contributed by atoms with Crippen molar-refractivity contribution >= 4 is 49.6 Å². The molecule has 1 unspecified atom stereocenters. The number of hydrogen-bond donors (Lipinski definition) is 0. The van der Waals surface area contributed by atoms with E-state index in [1.807, 2.05) is 42.5 Å². The first kappa shape index (κ1) is 33.8. The Balaban J connectivity index is 1.33. The van der Waals surface area contributed by atoms with Crippen LogP contribution in [0.5, 0.6) is 0 Å². The number of rotatable bonds is 8. The average molecular weight is 724 g/mol. The lowest BCUT2D eigenvalue weighted by Gasteiger charge is -2.28. The molecule has 0 saturated heterocycles. The summed E-state index contributed by atoms with van der Waals surface area (Å²) in [6.45, 7) is 0. The Morgan fingerprint density at radius 3 is 2.25 bits per heavy atom. The molecular formula is C42H34FN5O4S. The lowest BCUT2D eigenvalue weighted by molar-refractivity contribution is 0.0994. The highest BCUT2D eigenvalue weighted by Gasteiger charge is 2.33. The molecule has 1 aliphatic rings. The van der Waals surface area contributed by atoms with Gasteiger partial charge in [0.05, 0.1) is 23.5 Å². The van der Waals surface area contributed by atoms with Crippen LogP contribution in [0, 0.1) is 5.82 Å². The molecule has 1 amide bonds. The molecule has 53 heavy (non-hydrogen) atoms. The fraction of sp³-hybridized carbons (Fsp3) is 0.119. The van der Waals surface area contributed by atoms with Crippen LogP contribution < -0.4 is 14.1 Å². The fourth-order valence-corrected chi connectivity index (χ4v) is 7.57. The lowest BCUT2D eigenvalue weighted by Crippen LogP contribution is -2.26. The van der Waals surface area contributed by atoms with Gasteiger partial charge in [-0.25, -0.2) is 12.8 Å². The van der Waals surface area contributed by atoms with E-state index in [1.165, 1.54) is 33.9 Å². The first-order valence-electron chi connectivity index (χ1n) is 16.9. The van der Waals surface area contributed by atoms with Crippen molar-refractivity contribution in [3.8, 4) is 22.5 Å². The van der Waals surface area contributed by atoms with Gasteiger partial charge in [0.25, 0.3) is 5.91 Å². The Kier molecular flexibility index (Phi) is 8.50. The van der Waals surface area contributed by atoms with Gasteiger partial charge in [-0.1, -0.05) is 36.4 Å². The van der Waals surface area contributed by atoms with Gasteiger partial charge in [-0.05, 0) is 89.8 Å². The van der Waals surface area contributed by atoms with E-state index in [9.17, 15) is 17.6 Å². The predicted octanol–water partition coefficient (Wildman–Crippen LogP) is 8.80. The zero-order chi connectivity index (χ0) is 36.9. The molecule has 11 heteroatoms. The second-order valence-corrected chi connectivity index (χ2v) is 15.0. The van der Waals surface area contributed by atoms with E-state index in [4.69, 9.17) is 4.42 Å². The summed E-state index contributed by atoms with van der Waals surface area (Å²) in [6.07, 6.45) is 8.67. The number of para-hydroxylation sites is 1. The van der Waals surface area contributed by atoms with E-state index < -0.39 is 15.8 Å². The third-order valence-electron chi connectivity index (χ3n) is 9.82. The van der Waals surface area contributed by atoms with Crippen molar-refractivity contribution in [2.24, 2.45) is 0 Å². The van der Waals surface area contributed by atoms with Crippen LogP contribution in [0.3, 0.4) is 0 Å². The number of carbonyl (C=O) groups excluding carboxylic acids is 1. The molecule has 4 aromatic carbocycles. The molecule has 0 saturated carbocycles. The van der Waals surface area contributed by atoms with E-state index in [-0.39, 0.29) is 23.3 Å². The van der Waals surface area contributed by atoms with Crippen molar-refractivity contribution < 1.29 is 22.0 Å². The van der Waals surface area contributed by atoms with Crippen LogP contribution in [0.15, 0.2) is 138 Å². The van der Waals surface area contributed by atoms with E-state index >= 15 is 0 Å². The second-order valence-electron chi connectivity index (χ2n) is 13.0. The number of furan rings is 1. The summed E-state index contributed by atoms with van der Waals surface area (Å²) in [5.41, 5.74) is 7.74. The zero-order valence-corrected chi connectivity index (χ0v) is 30.0. The monoisotopic (exact) mass is 723 g/mol. The van der Waals surface area contributed by atoms with Crippen LogP contribution in [0.1, 0.15) is 27.5 Å². The molecular weight excluding hydrogens is 690 g/mol. The molecule has 8 rings (SSSR count). The Bertz CT molecular complexity index is 2600. The van der Waals surface area contributed by atoms with Gasteiger partial charge in [-0.2, -0.15) is 0 Å². The maximum absolute atomic E-state index is 14.5. The topological polar surface area (TPSA) is 99.9 Å². The quantitative estimate of drug-likeness (QED) is 0.155. The molecule has 7 aromatic rings. The molecule has 1 atom stereocenters. The smallest absolute Gasteiger partial charge is 0.262 e. The van der Waals surface area contributed by atoms with Crippen LogP contribution >= 0.6 is 0 Å². The van der Waals surface area contributed by atoms with Crippen molar-refractivity contribution in [2.45, 2.75) is 12.5 Å². The Morgan fingerprint density at radius 2 is 1.53 bits per heavy atom. The summed E-state index contributed by atoms with van der Waals surface area (Å²) >= 11 is 0. The number of hydrogen-bond acceptors (Lipinski definition) is 7. The standard InChI is InChI=1S/C42H34FN5O4S/c1-46(32-15-19-44-20-16-32)42(49)40-35-25-34(38(47(2)53(3,50)51)26-39(35)52-41(40)27-11-13-31(43)14-12-27)28-8-6-9-29(23-28)37-24-30-7-4-5-10-36(30)48(37)33-17-21-45-22-18-33/h4-23,25-26,37H,24H2,1-3H3. The first-order chi connectivity index (χ1) is 25.6. The van der Waals surface area contributed by atoms with Gasteiger partial charge in [0.1, 0.15) is 17.2 Å². The number of sulfonamides is 1. The van der Waals surface area contributed by atoms with Gasteiger partial charge in [0.2, 0.25) is 10.0 Å². The van der Waals surface area contributed by atoms with Crippen molar-refractivity contribution in [1.29, 1.82) is 0 Å². The van der Waals surface area contributed by atoms with Crippen LogP contribution in [0.25, 0.3) is 33.4 Å². The maximum Gasteiger partial charge on any atom is 0.262 e. The van der Waals surface area contributed by atoms with Gasteiger partial charge >= 0.3 is 0 Å². The number of fused-ring (bicyclic) bond motifs is 2. The highest BCUT2D eigenvalue weighted by Crippen LogP contribution is 2.47. The van der Waals surface area contributed by atoms with Crippen molar-refractivity contribution in [1.82, 2.24) is 9.97 Å². The average Bonchev–Trinajstić information content (AvgIpc) is 3.76. The second kappa shape index (κ2) is 13.3. The Labute approximate surface area is 306 Å². The summed E-state index contributed by atoms with van der Waals surface area (Å²) in [5.74, 6) is -0.560. The third-order valence-corrected chi connectivity index (χ3v) is 11.0. The predicted molar refractivity (Wildman–Crippen MR) is 207 cm³/mol. The molecule has 0 fully saturated rings. The normalized spacial score (nSPS) is 14.0. The Hall–Kier alpha value is -6.33. The van der Waals surface area contributed by atoms with Gasteiger partial charge < -0.3 is 14.2 Å². The number of benzene rings is 4. The molecule has 264 valence electrons. The molecule has 0 radical (unpaired) electrons. The number of amides is 1. The van der Waals surface area contributed by atoms with Crippen LogP contribution in [0.2, 0.25) is 0 Å². The lowest BCUT2D eigenvalue weighted by atomic mass is 9.94. The van der Waals surface area contributed by atoms with Gasteiger partial charge in [0.15, 0.2) is 0 Å². The molecule has 1 aliphatic heterocycles. The van der Waals surface area contributed by atoms with Crippen molar-refractivity contribution in [2.75, 3.05) is 34.5 Å². The number of pyridine rings is 2. The Morgan fingerprint density at radius 1 is 0.830 bits per heavy atom. The number of aromatic nitrogens is 2. The van der Waals surface area contributed by atoms with E-state index in [0.29, 0.717) is 33.5 Å². The SMILES string of the molecule is CN(C(=O)c1c(-c2ccc(F)cc2)oc2cc(N(C)S(C)(=O)=O)c(-c3cccc(C4Cc5ccccc5N4c4ccncc4)c3)cc12)c1ccncc1. The fourth-order valence-electron chi connectivity index (χ4n) is 7.06. The number of carbonyl (C=O) groups is 1. The van der Waals surface area contributed by atoms with Gasteiger partial charge in [-0.3, -0.25) is 19.1 Å². The molecule has 9 nitrogen and oxygen atoms in total. The summed E-state index contributed by atoms with van der Waals surface area (Å²) in [7, 11) is -0.575. The molecule has 0 spiro atoms. The van der Waals surface area contributed by atoms with Crippen LogP contribution in [-0.4, -0.2) is 44.6 Å². The van der Waals surface area contributed by atoms with E-state index in [0.717, 1.165) is 35.2 Å².